The van der Waals surface area contributed by atoms with Gasteiger partial charge in [-0.1, -0.05) is 42.5 Å². The average molecular weight is 555 g/mol. The van der Waals surface area contributed by atoms with Gasteiger partial charge in [0.1, 0.15) is 30.0 Å². The molecule has 0 aliphatic carbocycles. The number of carbonyl (C=O) groups excluding carboxylic acids is 2. The lowest BCUT2D eigenvalue weighted by Crippen LogP contribution is -2.42. The van der Waals surface area contributed by atoms with Crippen molar-refractivity contribution in [2.75, 3.05) is 39.4 Å². The summed E-state index contributed by atoms with van der Waals surface area (Å²) in [5.41, 5.74) is 3.29. The fourth-order valence-electron chi connectivity index (χ4n) is 5.77. The van der Waals surface area contributed by atoms with E-state index in [0.29, 0.717) is 56.2 Å². The summed E-state index contributed by atoms with van der Waals surface area (Å²) in [4.78, 5) is 30.8. The summed E-state index contributed by atoms with van der Waals surface area (Å²) in [6.45, 7) is 6.15. The molecule has 0 radical (unpaired) electrons. The third-order valence-corrected chi connectivity index (χ3v) is 7.89. The van der Waals surface area contributed by atoms with Crippen LogP contribution in [0.15, 0.2) is 78.4 Å². The van der Waals surface area contributed by atoms with Crippen molar-refractivity contribution in [1.82, 2.24) is 9.80 Å². The lowest BCUT2D eigenvalue weighted by atomic mass is 9.94. The fraction of sp³-hybridized carbons (Fsp3) is 0.333. The van der Waals surface area contributed by atoms with Crippen LogP contribution in [0.5, 0.6) is 11.5 Å². The first-order valence-corrected chi connectivity index (χ1v) is 14.1. The van der Waals surface area contributed by atoms with Crippen LogP contribution >= 0.6 is 0 Å². The van der Waals surface area contributed by atoms with Crippen LogP contribution in [0.3, 0.4) is 0 Å². The molecule has 0 saturated carbocycles. The van der Waals surface area contributed by atoms with Gasteiger partial charge in [-0.2, -0.15) is 0 Å². The molecule has 41 heavy (non-hydrogen) atoms. The maximum atomic E-state index is 13.5. The van der Waals surface area contributed by atoms with Crippen molar-refractivity contribution in [2.24, 2.45) is 0 Å². The SMILES string of the molecule is C[C@H]1Cc2cc(C(O)=C3C(=O)C(=O)N(CCN4CCOCC4)[C@H]3c3cccc(OCc4ccccc4)c3)ccc2O1. The average Bonchev–Trinajstić information content (AvgIpc) is 3.50. The quantitative estimate of drug-likeness (QED) is 0.252. The highest BCUT2D eigenvalue weighted by Crippen LogP contribution is 2.41. The van der Waals surface area contributed by atoms with Crippen molar-refractivity contribution < 1.29 is 28.9 Å². The molecule has 0 bridgehead atoms. The number of hydrogen-bond acceptors (Lipinski definition) is 7. The number of hydrogen-bond donors (Lipinski definition) is 1. The molecule has 2 saturated heterocycles. The third kappa shape index (κ3) is 5.71. The Hall–Kier alpha value is -4.14. The second-order valence-electron chi connectivity index (χ2n) is 10.7. The van der Waals surface area contributed by atoms with Crippen molar-refractivity contribution in [2.45, 2.75) is 32.1 Å². The van der Waals surface area contributed by atoms with Crippen molar-refractivity contribution in [3.05, 3.63) is 101 Å². The minimum absolute atomic E-state index is 0.0480. The smallest absolute Gasteiger partial charge is 0.295 e. The lowest BCUT2D eigenvalue weighted by Gasteiger charge is -2.31. The number of benzene rings is 3. The molecule has 1 N–H and O–H groups in total. The van der Waals surface area contributed by atoms with E-state index >= 15 is 0 Å². The Morgan fingerprint density at radius 3 is 2.59 bits per heavy atom. The molecular weight excluding hydrogens is 520 g/mol. The summed E-state index contributed by atoms with van der Waals surface area (Å²) in [5, 5.41) is 11.6. The van der Waals surface area contributed by atoms with Crippen molar-refractivity contribution in [3.8, 4) is 11.5 Å². The molecule has 8 heteroatoms. The summed E-state index contributed by atoms with van der Waals surface area (Å²) >= 11 is 0. The van der Waals surface area contributed by atoms with Gasteiger partial charge in [-0.3, -0.25) is 14.5 Å². The lowest BCUT2D eigenvalue weighted by molar-refractivity contribution is -0.140. The Labute approximate surface area is 239 Å². The molecule has 8 nitrogen and oxygen atoms in total. The van der Waals surface area contributed by atoms with Gasteiger partial charge in [0.2, 0.25) is 0 Å². The van der Waals surface area contributed by atoms with Gasteiger partial charge in [-0.25, -0.2) is 0 Å². The summed E-state index contributed by atoms with van der Waals surface area (Å²) in [7, 11) is 0. The highest BCUT2D eigenvalue weighted by Gasteiger charge is 2.46. The normalized spacial score (nSPS) is 22.0. The van der Waals surface area contributed by atoms with Crippen LogP contribution in [-0.4, -0.2) is 72.1 Å². The van der Waals surface area contributed by atoms with Crippen LogP contribution in [0.25, 0.3) is 5.76 Å². The number of ketones is 1. The summed E-state index contributed by atoms with van der Waals surface area (Å²) in [5.74, 6) is -0.0810. The van der Waals surface area contributed by atoms with Gasteiger partial charge >= 0.3 is 0 Å². The number of carbonyl (C=O) groups is 2. The molecule has 3 aromatic carbocycles. The van der Waals surface area contributed by atoms with Gasteiger partial charge in [0.15, 0.2) is 0 Å². The van der Waals surface area contributed by atoms with E-state index in [-0.39, 0.29) is 17.4 Å². The maximum Gasteiger partial charge on any atom is 0.295 e. The van der Waals surface area contributed by atoms with Crippen molar-refractivity contribution >= 4 is 17.4 Å². The van der Waals surface area contributed by atoms with Crippen LogP contribution in [0.1, 0.15) is 35.2 Å². The molecule has 1 amide bonds. The number of rotatable bonds is 8. The Kier molecular flexibility index (Phi) is 7.76. The van der Waals surface area contributed by atoms with E-state index in [4.69, 9.17) is 14.2 Å². The number of likely N-dealkylation sites (tertiary alicyclic amines) is 1. The Morgan fingerprint density at radius 2 is 1.78 bits per heavy atom. The number of aliphatic hydroxyl groups is 1. The number of fused-ring (bicyclic) bond motifs is 1. The van der Waals surface area contributed by atoms with E-state index in [2.05, 4.69) is 4.90 Å². The van der Waals surface area contributed by atoms with Gasteiger partial charge < -0.3 is 24.2 Å². The van der Waals surface area contributed by atoms with Crippen LogP contribution in [0.2, 0.25) is 0 Å². The number of ether oxygens (including phenoxy) is 3. The highest BCUT2D eigenvalue weighted by atomic mass is 16.5. The monoisotopic (exact) mass is 554 g/mol. The first-order valence-electron chi connectivity index (χ1n) is 14.1. The van der Waals surface area contributed by atoms with Crippen LogP contribution in [0, 0.1) is 0 Å². The van der Waals surface area contributed by atoms with Crippen LogP contribution < -0.4 is 9.47 Å². The standard InChI is InChI=1S/C33H34N2O6/c1-22-18-26-19-25(10-11-28(26)41-22)31(36)29-30(35(33(38)32(29)37)13-12-34-14-16-39-17-15-34)24-8-5-9-27(20-24)40-21-23-6-3-2-4-7-23/h2-11,19-20,22,30,36H,12-18,21H2,1H3/t22-,30-/m0/s1. The van der Waals surface area contributed by atoms with E-state index in [1.807, 2.05) is 73.7 Å². The van der Waals surface area contributed by atoms with E-state index in [0.717, 1.165) is 30.0 Å². The number of Topliss-reactive ketones (excluding diaryl/α,β-unsaturated/α-hetero) is 1. The second kappa shape index (κ2) is 11.8. The largest absolute Gasteiger partial charge is 0.507 e. The minimum atomic E-state index is -0.750. The maximum absolute atomic E-state index is 13.5. The molecule has 3 heterocycles. The number of aliphatic hydroxyl groups excluding tert-OH is 1. The van der Waals surface area contributed by atoms with Crippen LogP contribution in [-0.2, 0) is 27.4 Å². The summed E-state index contributed by atoms with van der Waals surface area (Å²) in [6.07, 6.45) is 0.765. The molecule has 212 valence electrons. The Balaban J connectivity index is 1.35. The third-order valence-electron chi connectivity index (χ3n) is 7.89. The molecular formula is C33H34N2O6. The summed E-state index contributed by atoms with van der Waals surface area (Å²) < 4.78 is 17.4. The topological polar surface area (TPSA) is 88.5 Å². The van der Waals surface area contributed by atoms with Gasteiger partial charge in [-0.15, -0.1) is 0 Å². The highest BCUT2D eigenvalue weighted by molar-refractivity contribution is 6.46. The van der Waals surface area contributed by atoms with E-state index in [1.54, 1.807) is 11.0 Å². The zero-order valence-corrected chi connectivity index (χ0v) is 23.1. The first-order chi connectivity index (χ1) is 20.0. The predicted octanol–water partition coefficient (Wildman–Crippen LogP) is 4.34. The first kappa shape index (κ1) is 27.1. The Morgan fingerprint density at radius 1 is 0.976 bits per heavy atom. The Bertz CT molecular complexity index is 1460. The number of nitrogens with zero attached hydrogens (tertiary/aromatic N) is 2. The number of amides is 1. The zero-order chi connectivity index (χ0) is 28.3. The molecule has 3 aromatic rings. The van der Waals surface area contributed by atoms with E-state index in [1.165, 1.54) is 0 Å². The molecule has 2 atom stereocenters. The molecule has 0 spiro atoms. The molecule has 0 unspecified atom stereocenters. The van der Waals surface area contributed by atoms with Crippen LogP contribution in [0.4, 0.5) is 0 Å². The molecule has 0 aromatic heterocycles. The molecule has 3 aliphatic rings. The van der Waals surface area contributed by atoms with Gasteiger partial charge in [0, 0.05) is 38.2 Å². The molecule has 6 rings (SSSR count). The van der Waals surface area contributed by atoms with Crippen molar-refractivity contribution in [3.63, 3.8) is 0 Å². The van der Waals surface area contributed by atoms with Crippen molar-refractivity contribution in [1.29, 1.82) is 0 Å². The minimum Gasteiger partial charge on any atom is -0.507 e. The summed E-state index contributed by atoms with van der Waals surface area (Å²) in [6, 6.07) is 22.0. The molecule has 2 fully saturated rings. The zero-order valence-electron chi connectivity index (χ0n) is 23.1. The van der Waals surface area contributed by atoms with E-state index in [9.17, 15) is 14.7 Å². The second-order valence-corrected chi connectivity index (χ2v) is 10.7. The predicted molar refractivity (Wildman–Crippen MR) is 154 cm³/mol. The molecule has 3 aliphatic heterocycles. The fourth-order valence-corrected chi connectivity index (χ4v) is 5.77. The van der Waals surface area contributed by atoms with Gasteiger partial charge in [0.25, 0.3) is 11.7 Å². The van der Waals surface area contributed by atoms with Gasteiger partial charge in [0.05, 0.1) is 24.8 Å². The van der Waals surface area contributed by atoms with Gasteiger partial charge in [-0.05, 0) is 53.9 Å². The number of morpholine rings is 1. The van der Waals surface area contributed by atoms with E-state index < -0.39 is 17.7 Å².